The summed E-state index contributed by atoms with van der Waals surface area (Å²) >= 11 is 5.67. The molecule has 1 rings (SSSR count). The Morgan fingerprint density at radius 1 is 1.38 bits per heavy atom. The first kappa shape index (κ1) is 12.5. The molecule has 1 aromatic rings. The zero-order valence-corrected chi connectivity index (χ0v) is 9.53. The van der Waals surface area contributed by atoms with Gasteiger partial charge in [-0.05, 0) is 12.1 Å². The molecule has 0 unspecified atom stereocenters. The fraction of sp³-hybridized carbons (Fsp3) is 0.273. The van der Waals surface area contributed by atoms with Crippen LogP contribution in [0.15, 0.2) is 30.3 Å². The smallest absolute Gasteiger partial charge is 0.325 e. The van der Waals surface area contributed by atoms with E-state index in [1.165, 1.54) is 7.11 Å². The van der Waals surface area contributed by atoms with E-state index in [1.807, 2.05) is 6.07 Å². The van der Waals surface area contributed by atoms with Crippen molar-refractivity contribution in [2.45, 2.75) is 5.38 Å². The van der Waals surface area contributed by atoms with Crippen LogP contribution in [0.5, 0.6) is 0 Å². The summed E-state index contributed by atoms with van der Waals surface area (Å²) < 4.78 is 4.43. The highest BCUT2D eigenvalue weighted by Crippen LogP contribution is 2.00. The van der Waals surface area contributed by atoms with E-state index >= 15 is 0 Å². The molecule has 86 valence electrons. The molecule has 0 saturated carbocycles. The van der Waals surface area contributed by atoms with E-state index in [0.29, 0.717) is 5.56 Å². The Hall–Kier alpha value is -1.55. The van der Waals surface area contributed by atoms with Crippen LogP contribution in [0.25, 0.3) is 0 Å². The van der Waals surface area contributed by atoms with Gasteiger partial charge in [-0.2, -0.15) is 0 Å². The molecule has 0 saturated heterocycles. The summed E-state index contributed by atoms with van der Waals surface area (Å²) in [6.07, 6.45) is 0. The second-order valence-electron chi connectivity index (χ2n) is 3.07. The molecule has 4 nitrogen and oxygen atoms in total. The summed E-state index contributed by atoms with van der Waals surface area (Å²) in [5.41, 5.74) is 0.524. The van der Waals surface area contributed by atoms with Gasteiger partial charge in [-0.25, -0.2) is 0 Å². The number of hydrogen-bond donors (Lipinski definition) is 1. The molecule has 0 aromatic heterocycles. The third kappa shape index (κ3) is 3.55. The molecule has 1 amide bonds. The minimum atomic E-state index is -0.863. The maximum Gasteiger partial charge on any atom is 0.325 e. The van der Waals surface area contributed by atoms with Crippen LogP contribution in [0.1, 0.15) is 10.4 Å². The highest BCUT2D eigenvalue weighted by Gasteiger charge is 2.16. The van der Waals surface area contributed by atoms with Gasteiger partial charge >= 0.3 is 5.97 Å². The van der Waals surface area contributed by atoms with Crippen LogP contribution in [0.4, 0.5) is 0 Å². The molecule has 0 radical (unpaired) electrons. The lowest BCUT2D eigenvalue weighted by atomic mass is 10.2. The Morgan fingerprint density at radius 2 is 2.00 bits per heavy atom. The summed E-state index contributed by atoms with van der Waals surface area (Å²) in [7, 11) is 1.25. The van der Waals surface area contributed by atoms with Crippen molar-refractivity contribution in [3.63, 3.8) is 0 Å². The van der Waals surface area contributed by atoms with Crippen molar-refractivity contribution in [3.8, 4) is 0 Å². The molecular weight excluding hydrogens is 230 g/mol. The number of methoxy groups -OCH3 is 1. The second-order valence-corrected chi connectivity index (χ2v) is 3.59. The molecular formula is C11H12ClNO3. The first-order chi connectivity index (χ1) is 7.65. The van der Waals surface area contributed by atoms with Crippen molar-refractivity contribution in [1.82, 2.24) is 5.32 Å². The first-order valence-corrected chi connectivity index (χ1v) is 5.14. The molecule has 0 aliphatic carbocycles. The number of ether oxygens (including phenoxy) is 1. The lowest BCUT2D eigenvalue weighted by Crippen LogP contribution is -2.34. The van der Waals surface area contributed by atoms with E-state index in [1.54, 1.807) is 24.3 Å². The molecule has 16 heavy (non-hydrogen) atoms. The number of carbonyl (C=O) groups excluding carboxylic acids is 2. The van der Waals surface area contributed by atoms with Gasteiger partial charge in [0.15, 0.2) is 0 Å². The van der Waals surface area contributed by atoms with Gasteiger partial charge < -0.3 is 10.1 Å². The molecule has 0 aliphatic heterocycles. The van der Waals surface area contributed by atoms with E-state index in [2.05, 4.69) is 10.1 Å². The highest BCUT2D eigenvalue weighted by atomic mass is 35.5. The van der Waals surface area contributed by atoms with Gasteiger partial charge in [0.05, 0.1) is 7.11 Å². The van der Waals surface area contributed by atoms with Gasteiger partial charge in [-0.15, -0.1) is 11.6 Å². The fourth-order valence-corrected chi connectivity index (χ4v) is 1.25. The van der Waals surface area contributed by atoms with Crippen LogP contribution >= 0.6 is 11.6 Å². The molecule has 0 fully saturated rings. The van der Waals surface area contributed by atoms with Gasteiger partial charge in [-0.1, -0.05) is 18.2 Å². The Kier molecular flexibility index (Phi) is 4.79. The van der Waals surface area contributed by atoms with Gasteiger partial charge in [0.1, 0.15) is 5.38 Å². The SMILES string of the molecule is COC(=O)[C@@H](Cl)CNC(=O)c1ccccc1. The van der Waals surface area contributed by atoms with Gasteiger partial charge in [0.2, 0.25) is 0 Å². The van der Waals surface area contributed by atoms with Crippen LogP contribution in [0.3, 0.4) is 0 Å². The Morgan fingerprint density at radius 3 is 2.56 bits per heavy atom. The van der Waals surface area contributed by atoms with Crippen molar-refractivity contribution in [3.05, 3.63) is 35.9 Å². The third-order valence-corrected chi connectivity index (χ3v) is 2.27. The predicted octanol–water partition coefficient (Wildman–Crippen LogP) is 1.20. The van der Waals surface area contributed by atoms with Gasteiger partial charge in [0.25, 0.3) is 5.91 Å². The number of carbonyl (C=O) groups is 2. The number of halogens is 1. The van der Waals surface area contributed by atoms with Crippen LogP contribution < -0.4 is 5.32 Å². The summed E-state index contributed by atoms with van der Waals surface area (Å²) in [4.78, 5) is 22.5. The first-order valence-electron chi connectivity index (χ1n) is 4.70. The molecule has 0 bridgehead atoms. The van der Waals surface area contributed by atoms with Crippen molar-refractivity contribution in [2.24, 2.45) is 0 Å². The third-order valence-electron chi connectivity index (χ3n) is 1.93. The quantitative estimate of drug-likeness (QED) is 0.637. The largest absolute Gasteiger partial charge is 0.468 e. The summed E-state index contributed by atoms with van der Waals surface area (Å²) in [6, 6.07) is 8.68. The van der Waals surface area contributed by atoms with E-state index < -0.39 is 11.3 Å². The van der Waals surface area contributed by atoms with Crippen LogP contribution in [-0.4, -0.2) is 30.9 Å². The van der Waals surface area contributed by atoms with Crippen molar-refractivity contribution >= 4 is 23.5 Å². The average molecular weight is 242 g/mol. The van der Waals surface area contributed by atoms with Crippen LogP contribution in [0, 0.1) is 0 Å². The van der Waals surface area contributed by atoms with Gasteiger partial charge in [0, 0.05) is 12.1 Å². The molecule has 0 aliphatic rings. The topological polar surface area (TPSA) is 55.4 Å². The van der Waals surface area contributed by atoms with Crippen molar-refractivity contribution < 1.29 is 14.3 Å². The summed E-state index contributed by atoms with van der Waals surface area (Å²) in [5, 5.41) is 1.68. The number of benzene rings is 1. The molecule has 1 atom stereocenters. The number of alkyl halides is 1. The number of nitrogens with one attached hydrogen (secondary N) is 1. The average Bonchev–Trinajstić information content (AvgIpc) is 2.35. The van der Waals surface area contributed by atoms with Crippen molar-refractivity contribution in [2.75, 3.05) is 13.7 Å². The highest BCUT2D eigenvalue weighted by molar-refractivity contribution is 6.30. The van der Waals surface area contributed by atoms with Crippen LogP contribution in [0.2, 0.25) is 0 Å². The number of hydrogen-bond acceptors (Lipinski definition) is 3. The molecule has 0 heterocycles. The Balaban J connectivity index is 2.45. The monoisotopic (exact) mass is 241 g/mol. The number of rotatable bonds is 4. The van der Waals surface area contributed by atoms with E-state index in [0.717, 1.165) is 0 Å². The van der Waals surface area contributed by atoms with E-state index in [-0.39, 0.29) is 12.5 Å². The lowest BCUT2D eigenvalue weighted by molar-refractivity contribution is -0.140. The van der Waals surface area contributed by atoms with Gasteiger partial charge in [-0.3, -0.25) is 9.59 Å². The number of amides is 1. The fourth-order valence-electron chi connectivity index (χ4n) is 1.09. The molecule has 1 N–H and O–H groups in total. The maximum absolute atomic E-state index is 11.5. The zero-order valence-electron chi connectivity index (χ0n) is 8.77. The maximum atomic E-state index is 11.5. The standard InChI is InChI=1S/C11H12ClNO3/c1-16-11(15)9(12)7-13-10(14)8-5-3-2-4-6-8/h2-6,9H,7H2,1H3,(H,13,14)/t9-/m0/s1. The Bertz CT molecular complexity index is 367. The minimum Gasteiger partial charge on any atom is -0.468 e. The second kappa shape index (κ2) is 6.12. The minimum absolute atomic E-state index is 0.0436. The number of esters is 1. The van der Waals surface area contributed by atoms with Crippen molar-refractivity contribution in [1.29, 1.82) is 0 Å². The zero-order chi connectivity index (χ0) is 12.0. The van der Waals surface area contributed by atoms with E-state index in [9.17, 15) is 9.59 Å². The van der Waals surface area contributed by atoms with Crippen LogP contribution in [-0.2, 0) is 9.53 Å². The lowest BCUT2D eigenvalue weighted by Gasteiger charge is -2.08. The Labute approximate surface area is 98.5 Å². The van der Waals surface area contributed by atoms with E-state index in [4.69, 9.17) is 11.6 Å². The normalized spacial score (nSPS) is 11.6. The summed E-state index contributed by atoms with van der Waals surface area (Å²) in [6.45, 7) is 0.0436. The molecule has 0 spiro atoms. The molecule has 1 aromatic carbocycles. The summed E-state index contributed by atoms with van der Waals surface area (Å²) in [5.74, 6) is -0.829. The molecule has 5 heteroatoms. The predicted molar refractivity (Wildman–Crippen MR) is 60.4 cm³/mol.